The number of rotatable bonds is 2. The molecule has 1 aromatic rings. The topological polar surface area (TPSA) is 80.5 Å². The van der Waals surface area contributed by atoms with Crippen LogP contribution in [0.25, 0.3) is 0 Å². The van der Waals surface area contributed by atoms with Crippen LogP contribution in [0.2, 0.25) is 0 Å². The van der Waals surface area contributed by atoms with E-state index >= 15 is 0 Å². The highest BCUT2D eigenvalue weighted by Gasteiger charge is 2.25. The summed E-state index contributed by atoms with van der Waals surface area (Å²) in [5.74, 6) is 0.408. The first-order chi connectivity index (χ1) is 8.79. The van der Waals surface area contributed by atoms with Crippen LogP contribution >= 0.6 is 11.3 Å². The van der Waals surface area contributed by atoms with Crippen molar-refractivity contribution in [3.05, 3.63) is 15.8 Å². The van der Waals surface area contributed by atoms with Crippen molar-refractivity contribution in [3.63, 3.8) is 0 Å². The summed E-state index contributed by atoms with van der Waals surface area (Å²) in [5.41, 5.74) is 0. The third-order valence-corrected chi connectivity index (χ3v) is 5.54. The number of amides is 1. The van der Waals surface area contributed by atoms with Gasteiger partial charge in [-0.25, -0.2) is 13.6 Å². The minimum atomic E-state index is -3.75. The van der Waals surface area contributed by atoms with Gasteiger partial charge in [0.25, 0.3) is 5.91 Å². The van der Waals surface area contributed by atoms with Gasteiger partial charge in [-0.3, -0.25) is 4.79 Å². The molecular weight excluding hydrogens is 284 g/mol. The van der Waals surface area contributed by atoms with Crippen molar-refractivity contribution in [2.75, 3.05) is 13.1 Å². The molecule has 2 rings (SSSR count). The quantitative estimate of drug-likeness (QED) is 0.900. The minimum Gasteiger partial charge on any atom is -0.338 e. The van der Waals surface area contributed by atoms with E-state index in [-0.39, 0.29) is 10.8 Å². The number of carbonyl (C=O) groups excluding carboxylic acids is 1. The molecule has 1 atom stereocenters. The Labute approximate surface area is 117 Å². The van der Waals surface area contributed by atoms with Crippen molar-refractivity contribution in [3.8, 4) is 0 Å². The molecule has 7 heteroatoms. The molecule has 1 fully saturated rings. The molecule has 0 aromatic carbocycles. The van der Waals surface area contributed by atoms with Crippen LogP contribution in [-0.4, -0.2) is 32.3 Å². The Morgan fingerprint density at radius 2 is 2.21 bits per heavy atom. The zero-order valence-corrected chi connectivity index (χ0v) is 12.7. The van der Waals surface area contributed by atoms with E-state index in [1.54, 1.807) is 11.8 Å². The van der Waals surface area contributed by atoms with Gasteiger partial charge in [0.2, 0.25) is 10.0 Å². The van der Waals surface area contributed by atoms with E-state index < -0.39 is 10.0 Å². The van der Waals surface area contributed by atoms with Crippen molar-refractivity contribution >= 4 is 27.3 Å². The Balaban J connectivity index is 2.25. The molecule has 1 amide bonds. The predicted octanol–water partition coefficient (Wildman–Crippen LogP) is 1.58. The first-order valence-electron chi connectivity index (χ1n) is 6.21. The van der Waals surface area contributed by atoms with Gasteiger partial charge in [-0.2, -0.15) is 0 Å². The van der Waals surface area contributed by atoms with Gasteiger partial charge in [-0.15, -0.1) is 11.3 Å². The summed E-state index contributed by atoms with van der Waals surface area (Å²) >= 11 is 1.19. The van der Waals surface area contributed by atoms with E-state index in [1.165, 1.54) is 17.4 Å². The lowest BCUT2D eigenvalue weighted by molar-refractivity contribution is 0.0688. The molecule has 0 radical (unpaired) electrons. The molecule has 1 aromatic heterocycles. The van der Waals surface area contributed by atoms with Gasteiger partial charge in [-0.05, 0) is 31.7 Å². The van der Waals surface area contributed by atoms with Crippen LogP contribution in [0.4, 0.5) is 0 Å². The molecule has 0 spiro atoms. The number of nitrogens with zero attached hydrogens (tertiary/aromatic N) is 1. The maximum atomic E-state index is 12.3. The minimum absolute atomic E-state index is 0.0610. The summed E-state index contributed by atoms with van der Waals surface area (Å²) in [5, 5.41) is 5.13. The fourth-order valence-corrected chi connectivity index (χ4v) is 4.50. The zero-order chi connectivity index (χ0) is 14.2. The number of sulfonamides is 1. The van der Waals surface area contributed by atoms with Crippen LogP contribution in [-0.2, 0) is 10.0 Å². The van der Waals surface area contributed by atoms with Gasteiger partial charge in [0.15, 0.2) is 0 Å². The van der Waals surface area contributed by atoms with Gasteiger partial charge in [0.1, 0.15) is 0 Å². The molecule has 1 saturated heterocycles. The standard InChI is InChI=1S/C12H18N2O3S2/c1-8-4-3-5-14(7-8)12(15)10-6-11(9(2)18-10)19(13,16)17/h6,8H,3-5,7H2,1-2H3,(H2,13,16,17). The highest BCUT2D eigenvalue weighted by molar-refractivity contribution is 7.89. The summed E-state index contributed by atoms with van der Waals surface area (Å²) in [6.45, 7) is 5.26. The molecule has 5 nitrogen and oxygen atoms in total. The second-order valence-corrected chi connectivity index (χ2v) is 7.86. The van der Waals surface area contributed by atoms with Crippen molar-refractivity contribution in [2.45, 2.75) is 31.6 Å². The van der Waals surface area contributed by atoms with Crippen molar-refractivity contribution in [1.29, 1.82) is 0 Å². The van der Waals surface area contributed by atoms with Crippen LogP contribution in [0.3, 0.4) is 0 Å². The van der Waals surface area contributed by atoms with Crippen LogP contribution in [0.15, 0.2) is 11.0 Å². The Kier molecular flexibility index (Phi) is 3.98. The van der Waals surface area contributed by atoms with Crippen molar-refractivity contribution < 1.29 is 13.2 Å². The lowest BCUT2D eigenvalue weighted by Crippen LogP contribution is -2.38. The third kappa shape index (κ3) is 3.16. The molecule has 1 aliphatic rings. The van der Waals surface area contributed by atoms with E-state index in [0.717, 1.165) is 25.9 Å². The Morgan fingerprint density at radius 1 is 1.53 bits per heavy atom. The Morgan fingerprint density at radius 3 is 2.74 bits per heavy atom. The van der Waals surface area contributed by atoms with E-state index in [1.807, 2.05) is 0 Å². The first-order valence-corrected chi connectivity index (χ1v) is 8.58. The normalized spacial score (nSPS) is 20.6. The lowest BCUT2D eigenvalue weighted by atomic mass is 10.0. The van der Waals surface area contributed by atoms with Crippen LogP contribution in [0.1, 0.15) is 34.3 Å². The van der Waals surface area contributed by atoms with E-state index in [0.29, 0.717) is 15.7 Å². The predicted molar refractivity (Wildman–Crippen MR) is 74.7 cm³/mol. The molecule has 1 unspecified atom stereocenters. The second-order valence-electron chi connectivity index (χ2n) is 5.07. The fraction of sp³-hybridized carbons (Fsp3) is 0.583. The third-order valence-electron chi connectivity index (χ3n) is 3.33. The van der Waals surface area contributed by atoms with E-state index in [9.17, 15) is 13.2 Å². The molecule has 0 aliphatic carbocycles. The maximum Gasteiger partial charge on any atom is 0.263 e. The second kappa shape index (κ2) is 5.22. The van der Waals surface area contributed by atoms with Crippen LogP contribution in [0, 0.1) is 12.8 Å². The van der Waals surface area contributed by atoms with E-state index in [2.05, 4.69) is 6.92 Å². The van der Waals surface area contributed by atoms with Gasteiger partial charge < -0.3 is 4.90 Å². The number of hydrogen-bond acceptors (Lipinski definition) is 4. The maximum absolute atomic E-state index is 12.3. The highest BCUT2D eigenvalue weighted by atomic mass is 32.2. The smallest absolute Gasteiger partial charge is 0.263 e. The van der Waals surface area contributed by atoms with Gasteiger partial charge >= 0.3 is 0 Å². The molecule has 2 N–H and O–H groups in total. The molecule has 0 bridgehead atoms. The Bertz CT molecular complexity index is 592. The van der Waals surface area contributed by atoms with Crippen LogP contribution < -0.4 is 5.14 Å². The number of hydrogen-bond donors (Lipinski definition) is 1. The number of thiophene rings is 1. The summed E-state index contributed by atoms with van der Waals surface area (Å²) < 4.78 is 22.8. The SMILES string of the molecule is Cc1sc(C(=O)N2CCCC(C)C2)cc1S(N)(=O)=O. The summed E-state index contributed by atoms with van der Waals surface area (Å²) in [4.78, 5) is 15.2. The molecule has 1 aliphatic heterocycles. The molecule has 0 saturated carbocycles. The van der Waals surface area contributed by atoms with E-state index in [4.69, 9.17) is 5.14 Å². The number of likely N-dealkylation sites (tertiary alicyclic amines) is 1. The molecule has 19 heavy (non-hydrogen) atoms. The average molecular weight is 302 g/mol. The zero-order valence-electron chi connectivity index (χ0n) is 11.0. The number of primary sulfonamides is 1. The lowest BCUT2D eigenvalue weighted by Gasteiger charge is -2.30. The van der Waals surface area contributed by atoms with Gasteiger partial charge in [-0.1, -0.05) is 6.92 Å². The molecule has 106 valence electrons. The van der Waals surface area contributed by atoms with Crippen LogP contribution in [0.5, 0.6) is 0 Å². The average Bonchev–Trinajstić information content (AvgIpc) is 2.70. The highest BCUT2D eigenvalue weighted by Crippen LogP contribution is 2.27. The van der Waals surface area contributed by atoms with Crippen molar-refractivity contribution in [1.82, 2.24) is 4.90 Å². The van der Waals surface area contributed by atoms with Crippen molar-refractivity contribution in [2.24, 2.45) is 11.1 Å². The number of piperidine rings is 1. The molecular formula is C12H18N2O3S2. The fourth-order valence-electron chi connectivity index (χ4n) is 2.38. The summed E-state index contributed by atoms with van der Waals surface area (Å²) in [7, 11) is -3.75. The molecule has 2 heterocycles. The monoisotopic (exact) mass is 302 g/mol. The number of aryl methyl sites for hydroxylation is 1. The first kappa shape index (κ1) is 14.5. The van der Waals surface area contributed by atoms with Gasteiger partial charge in [0, 0.05) is 18.0 Å². The Hall–Kier alpha value is -0.920. The largest absolute Gasteiger partial charge is 0.338 e. The van der Waals surface area contributed by atoms with Gasteiger partial charge in [0.05, 0.1) is 9.77 Å². The number of nitrogens with two attached hydrogens (primary N) is 1. The summed E-state index contributed by atoms with van der Waals surface area (Å²) in [6.07, 6.45) is 2.13. The number of carbonyl (C=O) groups is 1. The summed E-state index contributed by atoms with van der Waals surface area (Å²) in [6, 6.07) is 1.40.